The van der Waals surface area contributed by atoms with Crippen LogP contribution in [0, 0.1) is 5.92 Å². The van der Waals surface area contributed by atoms with Gasteiger partial charge in [-0.05, 0) is 81.0 Å². The molecular weight excluding hydrogens is 668 g/mol. The van der Waals surface area contributed by atoms with E-state index in [0.29, 0.717) is 6.42 Å². The molecule has 0 spiro atoms. The average Bonchev–Trinajstić information content (AvgIpc) is 3.41. The zero-order valence-electron chi connectivity index (χ0n) is 31.1. The monoisotopic (exact) mass is 721 g/mol. The summed E-state index contributed by atoms with van der Waals surface area (Å²) in [6.07, 6.45) is 2.68. The number of esters is 1. The number of amides is 3. The summed E-state index contributed by atoms with van der Waals surface area (Å²) in [5, 5.41) is 0. The van der Waals surface area contributed by atoms with E-state index in [2.05, 4.69) is 13.2 Å². The van der Waals surface area contributed by atoms with Crippen LogP contribution in [-0.2, 0) is 23.9 Å². The minimum absolute atomic E-state index is 0.0509. The average molecular weight is 722 g/mol. The Labute approximate surface area is 306 Å². The first-order valence-electron chi connectivity index (χ1n) is 18.0. The van der Waals surface area contributed by atoms with Crippen LogP contribution in [0.3, 0.4) is 0 Å². The van der Waals surface area contributed by atoms with Crippen molar-refractivity contribution in [2.24, 2.45) is 5.92 Å². The maximum Gasteiger partial charge on any atom is 0.410 e. The van der Waals surface area contributed by atoms with E-state index < -0.39 is 47.5 Å². The Bertz CT molecular complexity index is 1570. The minimum Gasteiger partial charge on any atom is -0.459 e. The van der Waals surface area contributed by atoms with Crippen LogP contribution >= 0.6 is 0 Å². The van der Waals surface area contributed by atoms with Gasteiger partial charge in [0, 0.05) is 39.4 Å². The molecule has 3 amide bonds. The lowest BCUT2D eigenvalue weighted by Gasteiger charge is -2.39. The molecule has 1 fully saturated rings. The van der Waals surface area contributed by atoms with Crippen LogP contribution in [0.25, 0.3) is 11.1 Å². The van der Waals surface area contributed by atoms with Gasteiger partial charge >= 0.3 is 12.1 Å². The molecule has 4 rings (SSSR count). The standard InChI is InChI=1S/C41H53F2N3O6/c1-8-10-24-46(35(25-28-20-22-41(42,43)23-21-28)37(48)44(6)26-36(47)52-40(3,4)5)38(49)34(15-9-2)45(7)39(50)51-27-33-31-18-13-11-16-29(31)30-17-12-14-19-32(30)33/h8-9,11-14,16-19,28,33-35H,1-2,10,15,20-27H2,3-7H3/t34-,35-/m0/s1. The molecule has 0 saturated heterocycles. The van der Waals surface area contributed by atoms with Gasteiger partial charge in [-0.25, -0.2) is 13.6 Å². The lowest BCUT2D eigenvalue weighted by atomic mass is 9.82. The third-order valence-electron chi connectivity index (χ3n) is 9.84. The number of carbonyl (C=O) groups is 4. The maximum absolute atomic E-state index is 14.6. The van der Waals surface area contributed by atoms with Gasteiger partial charge < -0.3 is 19.3 Å². The first-order valence-corrected chi connectivity index (χ1v) is 18.0. The van der Waals surface area contributed by atoms with Gasteiger partial charge in [0.25, 0.3) is 0 Å². The van der Waals surface area contributed by atoms with Crippen LogP contribution in [0.1, 0.15) is 82.8 Å². The highest BCUT2D eigenvalue weighted by Gasteiger charge is 2.42. The number of halogens is 2. The first-order chi connectivity index (χ1) is 24.6. The van der Waals surface area contributed by atoms with Gasteiger partial charge in [0.2, 0.25) is 17.7 Å². The molecule has 2 aromatic carbocycles. The summed E-state index contributed by atoms with van der Waals surface area (Å²) in [6.45, 7) is 12.5. The number of rotatable bonds is 15. The Morgan fingerprint density at radius 1 is 0.904 bits per heavy atom. The van der Waals surface area contributed by atoms with Crippen molar-refractivity contribution >= 4 is 23.9 Å². The predicted octanol–water partition coefficient (Wildman–Crippen LogP) is 7.60. The highest BCUT2D eigenvalue weighted by molar-refractivity contribution is 5.92. The van der Waals surface area contributed by atoms with Gasteiger partial charge in [0.05, 0.1) is 0 Å². The summed E-state index contributed by atoms with van der Waals surface area (Å²) in [7, 11) is 2.93. The van der Waals surface area contributed by atoms with Crippen LogP contribution in [0.2, 0.25) is 0 Å². The Kier molecular flexibility index (Phi) is 13.4. The van der Waals surface area contributed by atoms with Crippen molar-refractivity contribution in [3.63, 3.8) is 0 Å². The Morgan fingerprint density at radius 2 is 1.48 bits per heavy atom. The Morgan fingerprint density at radius 3 is 2.02 bits per heavy atom. The number of hydrogen-bond donors (Lipinski definition) is 0. The first kappa shape index (κ1) is 40.2. The molecule has 0 unspecified atom stereocenters. The molecule has 282 valence electrons. The van der Waals surface area contributed by atoms with Crippen LogP contribution in [0.15, 0.2) is 73.8 Å². The summed E-state index contributed by atoms with van der Waals surface area (Å²) >= 11 is 0. The smallest absolute Gasteiger partial charge is 0.410 e. The lowest BCUT2D eigenvalue weighted by molar-refractivity contribution is -0.160. The van der Waals surface area contributed by atoms with Gasteiger partial charge in [0.1, 0.15) is 30.8 Å². The zero-order chi connectivity index (χ0) is 38.2. The summed E-state index contributed by atoms with van der Waals surface area (Å²) in [6, 6.07) is 13.8. The molecule has 0 heterocycles. The SMILES string of the molecule is C=CCCN(C(=O)[C@H](CC=C)N(C)C(=O)OCC1c2ccccc2-c2ccccc21)[C@@H](CC1CCC(F)(F)CC1)C(=O)N(C)CC(=O)OC(C)(C)C. The van der Waals surface area contributed by atoms with Crippen molar-refractivity contribution in [2.75, 3.05) is 33.8 Å². The predicted molar refractivity (Wildman–Crippen MR) is 197 cm³/mol. The topological polar surface area (TPSA) is 96.5 Å². The van der Waals surface area contributed by atoms with Crippen molar-refractivity contribution in [1.29, 1.82) is 0 Å². The Hall–Kier alpha value is -4.54. The third kappa shape index (κ3) is 10.1. The molecular formula is C41H53F2N3O6. The van der Waals surface area contributed by atoms with Crippen molar-refractivity contribution in [1.82, 2.24) is 14.7 Å². The van der Waals surface area contributed by atoms with Crippen molar-refractivity contribution < 1.29 is 37.4 Å². The molecule has 0 aliphatic heterocycles. The van der Waals surface area contributed by atoms with E-state index in [1.807, 2.05) is 48.5 Å². The van der Waals surface area contributed by atoms with Gasteiger partial charge in [-0.15, -0.1) is 13.2 Å². The second kappa shape index (κ2) is 17.3. The fraction of sp³-hybridized carbons (Fsp3) is 0.512. The number of benzene rings is 2. The summed E-state index contributed by atoms with van der Waals surface area (Å²) in [4.78, 5) is 59.1. The number of ether oxygens (including phenoxy) is 2. The van der Waals surface area contributed by atoms with Gasteiger partial charge in [-0.2, -0.15) is 0 Å². The van der Waals surface area contributed by atoms with Crippen molar-refractivity contribution in [3.8, 4) is 11.1 Å². The largest absolute Gasteiger partial charge is 0.459 e. The highest BCUT2D eigenvalue weighted by Crippen LogP contribution is 2.44. The molecule has 2 aromatic rings. The van der Waals surface area contributed by atoms with Crippen molar-refractivity contribution in [3.05, 3.63) is 85.0 Å². The van der Waals surface area contributed by atoms with Gasteiger partial charge in [-0.3, -0.25) is 19.3 Å². The fourth-order valence-electron chi connectivity index (χ4n) is 7.16. The van der Waals surface area contributed by atoms with Crippen LogP contribution in [0.4, 0.5) is 13.6 Å². The molecule has 9 nitrogen and oxygen atoms in total. The fourth-order valence-corrected chi connectivity index (χ4v) is 7.16. The van der Waals surface area contributed by atoms with E-state index in [9.17, 15) is 28.0 Å². The molecule has 0 radical (unpaired) electrons. The number of fused-ring (bicyclic) bond motifs is 3. The lowest BCUT2D eigenvalue weighted by Crippen LogP contribution is -2.57. The number of likely N-dealkylation sites (N-methyl/N-ethyl adjacent to an activating group) is 2. The number of alkyl halides is 2. The summed E-state index contributed by atoms with van der Waals surface area (Å²) < 4.78 is 39.6. The number of carbonyl (C=O) groups excluding carboxylic acids is 4. The maximum atomic E-state index is 14.6. The minimum atomic E-state index is -2.78. The molecule has 0 aromatic heterocycles. The molecule has 2 atom stereocenters. The van der Waals surface area contributed by atoms with E-state index in [1.54, 1.807) is 26.8 Å². The van der Waals surface area contributed by atoms with Crippen LogP contribution < -0.4 is 0 Å². The molecule has 2 aliphatic carbocycles. The molecule has 0 bridgehead atoms. The molecule has 0 N–H and O–H groups in total. The second-order valence-corrected chi connectivity index (χ2v) is 14.9. The molecule has 2 aliphatic rings. The van der Waals surface area contributed by atoms with E-state index in [4.69, 9.17) is 9.47 Å². The molecule has 1 saturated carbocycles. The van der Waals surface area contributed by atoms with Crippen molar-refractivity contribution in [2.45, 2.75) is 95.2 Å². The number of nitrogens with zero attached hydrogens (tertiary/aromatic N) is 3. The second-order valence-electron chi connectivity index (χ2n) is 14.9. The number of hydrogen-bond acceptors (Lipinski definition) is 6. The van der Waals surface area contributed by atoms with E-state index in [-0.39, 0.29) is 70.1 Å². The normalized spacial score (nSPS) is 16.4. The van der Waals surface area contributed by atoms with Gasteiger partial charge in [-0.1, -0.05) is 60.7 Å². The van der Waals surface area contributed by atoms with E-state index in [0.717, 1.165) is 22.3 Å². The van der Waals surface area contributed by atoms with Crippen LogP contribution in [0.5, 0.6) is 0 Å². The highest BCUT2D eigenvalue weighted by atomic mass is 19.3. The molecule has 52 heavy (non-hydrogen) atoms. The van der Waals surface area contributed by atoms with E-state index >= 15 is 0 Å². The quantitative estimate of drug-likeness (QED) is 0.139. The third-order valence-corrected chi connectivity index (χ3v) is 9.84. The van der Waals surface area contributed by atoms with E-state index in [1.165, 1.54) is 34.9 Å². The summed E-state index contributed by atoms with van der Waals surface area (Å²) in [5.41, 5.74) is 3.48. The van der Waals surface area contributed by atoms with Crippen LogP contribution in [-0.4, -0.2) is 96.0 Å². The van der Waals surface area contributed by atoms with Gasteiger partial charge in [0.15, 0.2) is 0 Å². The molecule has 11 heteroatoms. The summed E-state index contributed by atoms with van der Waals surface area (Å²) in [5.74, 6) is -4.90. The Balaban J connectivity index is 1.58. The zero-order valence-corrected chi connectivity index (χ0v) is 31.1.